The Balaban J connectivity index is 1.50. The Morgan fingerprint density at radius 3 is 2.85 bits per heavy atom. The quantitative estimate of drug-likeness (QED) is 0.410. The van der Waals surface area contributed by atoms with Crippen LogP contribution >= 0.6 is 22.6 Å². The van der Waals surface area contributed by atoms with Crippen LogP contribution < -0.4 is 0 Å². The predicted molar refractivity (Wildman–Crippen MR) is 82.7 cm³/mol. The summed E-state index contributed by atoms with van der Waals surface area (Å²) >= 11 is 2.34. The van der Waals surface area contributed by atoms with E-state index in [1.165, 1.54) is 3.58 Å². The second kappa shape index (κ2) is 6.02. The van der Waals surface area contributed by atoms with E-state index in [0.29, 0.717) is 13.2 Å². The summed E-state index contributed by atoms with van der Waals surface area (Å²) < 4.78 is 12.7. The fraction of sp³-hybridized carbons (Fsp3) is 0.800. The van der Waals surface area contributed by atoms with Gasteiger partial charge in [-0.05, 0) is 45.4 Å². The third-order valence-electron chi connectivity index (χ3n) is 4.66. The van der Waals surface area contributed by atoms with Gasteiger partial charge >= 0.3 is 0 Å². The monoisotopic (exact) mass is 392 g/mol. The third kappa shape index (κ3) is 2.58. The van der Waals surface area contributed by atoms with Gasteiger partial charge < -0.3 is 14.6 Å². The van der Waals surface area contributed by atoms with E-state index < -0.39 is 5.60 Å². The minimum Gasteiger partial charge on any atom is -0.396 e. The molecule has 1 spiro atoms. The van der Waals surface area contributed by atoms with Crippen LogP contribution in [-0.2, 0) is 14.3 Å². The smallest absolute Gasteiger partial charge is 0.177 e. The molecule has 0 aromatic heterocycles. The van der Waals surface area contributed by atoms with Gasteiger partial charge in [0.1, 0.15) is 0 Å². The molecule has 1 heterocycles. The SMILES string of the molecule is O=C1C2C=C(I)[C@H](C[C@@H]2OCCCCCCO)[C@@]12CO2. The van der Waals surface area contributed by atoms with Gasteiger partial charge in [-0.3, -0.25) is 4.79 Å². The van der Waals surface area contributed by atoms with E-state index in [1.807, 2.05) is 0 Å². The summed E-state index contributed by atoms with van der Waals surface area (Å²) in [6, 6.07) is 0. The summed E-state index contributed by atoms with van der Waals surface area (Å²) in [7, 11) is 0. The van der Waals surface area contributed by atoms with Crippen LogP contribution in [0.4, 0.5) is 0 Å². The van der Waals surface area contributed by atoms with Crippen molar-refractivity contribution in [3.63, 3.8) is 0 Å². The summed E-state index contributed by atoms with van der Waals surface area (Å²) in [6.45, 7) is 1.58. The average molecular weight is 392 g/mol. The highest BCUT2D eigenvalue weighted by molar-refractivity contribution is 14.1. The zero-order chi connectivity index (χ0) is 14.2. The van der Waals surface area contributed by atoms with Gasteiger partial charge in [0.15, 0.2) is 11.4 Å². The summed E-state index contributed by atoms with van der Waals surface area (Å²) in [5.74, 6) is 0.353. The Labute approximate surface area is 133 Å². The van der Waals surface area contributed by atoms with Crippen LogP contribution in [0.2, 0.25) is 0 Å². The first kappa shape index (κ1) is 14.9. The van der Waals surface area contributed by atoms with Crippen molar-refractivity contribution in [3.8, 4) is 0 Å². The van der Waals surface area contributed by atoms with E-state index in [2.05, 4.69) is 28.7 Å². The van der Waals surface area contributed by atoms with Gasteiger partial charge in [0, 0.05) is 19.1 Å². The number of Topliss-reactive ketones (excluding diaryl/α,β-unsaturated/α-hetero) is 1. The molecule has 2 bridgehead atoms. The molecule has 2 fully saturated rings. The van der Waals surface area contributed by atoms with E-state index in [9.17, 15) is 4.79 Å². The van der Waals surface area contributed by atoms with Crippen molar-refractivity contribution in [2.24, 2.45) is 11.8 Å². The number of unbranched alkanes of at least 4 members (excludes halogenated alkanes) is 3. The fourth-order valence-electron chi connectivity index (χ4n) is 3.39. The lowest BCUT2D eigenvalue weighted by Gasteiger charge is -2.42. The van der Waals surface area contributed by atoms with Gasteiger partial charge in [-0.1, -0.05) is 18.9 Å². The van der Waals surface area contributed by atoms with E-state index in [-0.39, 0.29) is 30.3 Å². The van der Waals surface area contributed by atoms with Gasteiger partial charge in [-0.2, -0.15) is 0 Å². The number of ketones is 1. The van der Waals surface area contributed by atoms with Crippen molar-refractivity contribution < 1.29 is 19.4 Å². The predicted octanol–water partition coefficient (Wildman–Crippen LogP) is 2.23. The zero-order valence-electron chi connectivity index (χ0n) is 11.5. The number of rotatable bonds is 7. The first-order chi connectivity index (χ1) is 9.69. The second-order valence-electron chi connectivity index (χ2n) is 5.96. The number of carbonyl (C=O) groups excluding carboxylic acids is 1. The van der Waals surface area contributed by atoms with Crippen LogP contribution in [0.25, 0.3) is 0 Å². The van der Waals surface area contributed by atoms with Gasteiger partial charge in [0.25, 0.3) is 0 Å². The molecule has 1 saturated heterocycles. The molecule has 1 aliphatic heterocycles. The Morgan fingerprint density at radius 2 is 2.15 bits per heavy atom. The molecule has 1 N–H and O–H groups in total. The fourth-order valence-corrected chi connectivity index (χ4v) is 4.54. The standard InChI is InChI=1S/C15H21IO4/c16-12-7-10-13(19-6-4-2-1-3-5-17)8-11(12)15(9-20-15)14(10)18/h7,10-11,13,17H,1-6,8-9H2/t10?,11-,13-,15-/m0/s1. The number of carbonyl (C=O) groups is 1. The molecule has 0 aromatic carbocycles. The normalized spacial score (nSPS) is 38.4. The highest BCUT2D eigenvalue weighted by Gasteiger charge is 2.66. The maximum atomic E-state index is 12.4. The molecule has 4 rings (SSSR count). The molecule has 20 heavy (non-hydrogen) atoms. The number of epoxide rings is 1. The second-order valence-corrected chi connectivity index (χ2v) is 7.20. The molecule has 0 amide bonds. The zero-order valence-corrected chi connectivity index (χ0v) is 13.7. The molecule has 0 radical (unpaired) electrons. The van der Waals surface area contributed by atoms with E-state index in [1.54, 1.807) is 0 Å². The molecule has 1 saturated carbocycles. The number of hydrogen-bond donors (Lipinski definition) is 1. The Morgan fingerprint density at radius 1 is 1.40 bits per heavy atom. The molecule has 4 nitrogen and oxygen atoms in total. The Hall–Kier alpha value is 0.0200. The van der Waals surface area contributed by atoms with E-state index in [0.717, 1.165) is 32.1 Å². The van der Waals surface area contributed by atoms with Crippen LogP contribution in [0.5, 0.6) is 0 Å². The Bertz CT molecular complexity index is 416. The molecular weight excluding hydrogens is 371 g/mol. The lowest BCUT2D eigenvalue weighted by Crippen LogP contribution is -2.53. The van der Waals surface area contributed by atoms with Gasteiger partial charge in [-0.25, -0.2) is 0 Å². The topological polar surface area (TPSA) is 59.1 Å². The van der Waals surface area contributed by atoms with Gasteiger partial charge in [0.05, 0.1) is 18.6 Å². The summed E-state index contributed by atoms with van der Waals surface area (Å²) in [4.78, 5) is 12.4. The molecule has 4 atom stereocenters. The van der Waals surface area contributed by atoms with Crippen molar-refractivity contribution >= 4 is 28.4 Å². The summed E-state index contributed by atoms with van der Waals surface area (Å²) in [5, 5.41) is 8.72. The number of ether oxygens (including phenoxy) is 2. The van der Waals surface area contributed by atoms with Crippen LogP contribution in [0.1, 0.15) is 32.1 Å². The Kier molecular flexibility index (Phi) is 4.50. The maximum Gasteiger partial charge on any atom is 0.177 e. The van der Waals surface area contributed by atoms with Crippen LogP contribution in [0, 0.1) is 11.8 Å². The highest BCUT2D eigenvalue weighted by atomic mass is 127. The van der Waals surface area contributed by atoms with Crippen LogP contribution in [0.3, 0.4) is 0 Å². The van der Waals surface area contributed by atoms with Crippen molar-refractivity contribution in [1.29, 1.82) is 0 Å². The van der Waals surface area contributed by atoms with Crippen molar-refractivity contribution in [2.75, 3.05) is 19.8 Å². The first-order valence-corrected chi connectivity index (χ1v) is 8.55. The highest BCUT2D eigenvalue weighted by Crippen LogP contribution is 2.55. The molecule has 1 unspecified atom stereocenters. The van der Waals surface area contributed by atoms with E-state index >= 15 is 0 Å². The molecule has 112 valence electrons. The lowest BCUT2D eigenvalue weighted by molar-refractivity contribution is -0.140. The third-order valence-corrected chi connectivity index (χ3v) is 5.77. The lowest BCUT2D eigenvalue weighted by atomic mass is 9.66. The molecule has 4 aliphatic rings. The minimum absolute atomic E-state index is 0.0404. The number of fused-ring (bicyclic) bond motifs is 1. The number of aliphatic hydroxyl groups is 1. The molecular formula is C15H21IO4. The molecule has 0 aromatic rings. The van der Waals surface area contributed by atoms with Crippen molar-refractivity contribution in [3.05, 3.63) is 9.66 Å². The summed E-state index contributed by atoms with van der Waals surface area (Å²) in [6.07, 6.45) is 7.04. The average Bonchev–Trinajstić information content (AvgIpc) is 3.22. The number of halogens is 1. The summed E-state index contributed by atoms with van der Waals surface area (Å²) in [5.41, 5.74) is -0.475. The largest absolute Gasteiger partial charge is 0.396 e. The maximum absolute atomic E-state index is 12.4. The van der Waals surface area contributed by atoms with Gasteiger partial charge in [0.2, 0.25) is 0 Å². The minimum atomic E-state index is -0.475. The van der Waals surface area contributed by atoms with Crippen molar-refractivity contribution in [1.82, 2.24) is 0 Å². The van der Waals surface area contributed by atoms with E-state index in [4.69, 9.17) is 14.6 Å². The molecule has 5 heteroatoms. The van der Waals surface area contributed by atoms with Crippen molar-refractivity contribution in [2.45, 2.75) is 43.8 Å². The number of hydrogen-bond acceptors (Lipinski definition) is 4. The first-order valence-electron chi connectivity index (χ1n) is 7.47. The van der Waals surface area contributed by atoms with Gasteiger partial charge in [-0.15, -0.1) is 0 Å². The van der Waals surface area contributed by atoms with Crippen LogP contribution in [0.15, 0.2) is 9.66 Å². The molecule has 3 aliphatic carbocycles. The number of aliphatic hydroxyl groups excluding tert-OH is 1. The van der Waals surface area contributed by atoms with Crippen LogP contribution in [-0.4, -0.2) is 42.4 Å².